The highest BCUT2D eigenvalue weighted by molar-refractivity contribution is 6.04. The molecule has 0 radical (unpaired) electrons. The summed E-state index contributed by atoms with van der Waals surface area (Å²) in [7, 11) is 0. The molecule has 0 fully saturated rings. The number of hydrogen-bond acceptors (Lipinski definition) is 4. The number of carbonyl (C=O) groups excluding carboxylic acids is 1. The van der Waals surface area contributed by atoms with Crippen LogP contribution in [0.25, 0.3) is 11.2 Å². The normalized spacial score (nSPS) is 10.8. The number of rotatable bonds is 6. The van der Waals surface area contributed by atoms with Crippen molar-refractivity contribution >= 4 is 17.1 Å². The molecule has 1 aromatic carbocycles. The zero-order valence-electron chi connectivity index (χ0n) is 13.8. The first-order valence-electron chi connectivity index (χ1n) is 8.11. The third kappa shape index (κ3) is 3.22. The van der Waals surface area contributed by atoms with E-state index < -0.39 is 0 Å². The molecule has 0 aliphatic rings. The van der Waals surface area contributed by atoms with Crippen molar-refractivity contribution in [3.05, 3.63) is 47.8 Å². The lowest BCUT2D eigenvalue weighted by molar-refractivity contribution is 0.0955. The van der Waals surface area contributed by atoms with Crippen LogP contribution in [-0.2, 0) is 6.42 Å². The van der Waals surface area contributed by atoms with Gasteiger partial charge in [0.1, 0.15) is 11.3 Å². The van der Waals surface area contributed by atoms with Gasteiger partial charge < -0.3 is 15.0 Å². The number of aromatic nitrogens is 3. The molecule has 2 aromatic heterocycles. The van der Waals surface area contributed by atoms with Crippen molar-refractivity contribution in [1.82, 2.24) is 20.3 Å². The Morgan fingerprint density at radius 1 is 1.29 bits per heavy atom. The molecule has 1 amide bonds. The minimum Gasteiger partial charge on any atom is -0.437 e. The number of benzene rings is 1. The van der Waals surface area contributed by atoms with Gasteiger partial charge in [0.25, 0.3) is 5.91 Å². The average Bonchev–Trinajstić information content (AvgIpc) is 3.03. The van der Waals surface area contributed by atoms with Crippen molar-refractivity contribution in [2.24, 2.45) is 0 Å². The Morgan fingerprint density at radius 2 is 2.12 bits per heavy atom. The summed E-state index contributed by atoms with van der Waals surface area (Å²) in [6.07, 6.45) is 4.92. The molecule has 0 unspecified atom stereocenters. The van der Waals surface area contributed by atoms with Gasteiger partial charge in [0.05, 0.1) is 11.8 Å². The lowest BCUT2D eigenvalue weighted by Gasteiger charge is -2.08. The first-order valence-corrected chi connectivity index (χ1v) is 8.11. The maximum absolute atomic E-state index is 12.2. The predicted molar refractivity (Wildman–Crippen MR) is 92.4 cm³/mol. The number of hydrogen-bond donors (Lipinski definition) is 2. The van der Waals surface area contributed by atoms with E-state index in [4.69, 9.17) is 4.74 Å². The van der Waals surface area contributed by atoms with E-state index in [1.165, 1.54) is 0 Å². The van der Waals surface area contributed by atoms with E-state index in [-0.39, 0.29) is 5.91 Å². The van der Waals surface area contributed by atoms with Gasteiger partial charge in [-0.25, -0.2) is 9.97 Å². The van der Waals surface area contributed by atoms with Crippen LogP contribution in [0.15, 0.2) is 36.7 Å². The van der Waals surface area contributed by atoms with Gasteiger partial charge in [-0.1, -0.05) is 32.0 Å². The molecular formula is C18H20N4O2. The molecule has 0 atom stereocenters. The fourth-order valence-electron chi connectivity index (χ4n) is 2.44. The first kappa shape index (κ1) is 16.0. The second kappa shape index (κ2) is 7.12. The fraction of sp³-hybridized carbons (Fsp3) is 0.278. The Hall–Kier alpha value is -2.89. The van der Waals surface area contributed by atoms with Gasteiger partial charge in [-0.3, -0.25) is 4.79 Å². The summed E-state index contributed by atoms with van der Waals surface area (Å²) in [5.74, 6) is 0.956. The summed E-state index contributed by atoms with van der Waals surface area (Å²) in [6, 6.07) is 7.81. The Morgan fingerprint density at radius 3 is 2.92 bits per heavy atom. The van der Waals surface area contributed by atoms with E-state index >= 15 is 0 Å². The molecule has 0 saturated carbocycles. The molecule has 124 valence electrons. The van der Waals surface area contributed by atoms with E-state index in [9.17, 15) is 4.79 Å². The third-order valence-corrected chi connectivity index (χ3v) is 3.71. The van der Waals surface area contributed by atoms with E-state index in [1.54, 1.807) is 12.4 Å². The molecule has 2 N–H and O–H groups in total. The Labute approximate surface area is 140 Å². The summed E-state index contributed by atoms with van der Waals surface area (Å²) >= 11 is 0. The maximum Gasteiger partial charge on any atom is 0.255 e. The molecule has 3 aromatic rings. The quantitative estimate of drug-likeness (QED) is 0.728. The number of fused-ring (bicyclic) bond motifs is 1. The Kier molecular flexibility index (Phi) is 4.74. The molecule has 3 rings (SSSR count). The molecule has 0 saturated heterocycles. The smallest absolute Gasteiger partial charge is 0.255 e. The highest BCUT2D eigenvalue weighted by Gasteiger charge is 2.15. The fourth-order valence-corrected chi connectivity index (χ4v) is 2.44. The zero-order valence-corrected chi connectivity index (χ0v) is 13.8. The van der Waals surface area contributed by atoms with Gasteiger partial charge in [-0.05, 0) is 24.5 Å². The number of para-hydroxylation sites is 1. The lowest BCUT2D eigenvalue weighted by atomic mass is 10.1. The van der Waals surface area contributed by atoms with Gasteiger partial charge in [-0.15, -0.1) is 0 Å². The monoisotopic (exact) mass is 324 g/mol. The van der Waals surface area contributed by atoms with E-state index in [1.807, 2.05) is 31.2 Å². The second-order valence-electron chi connectivity index (χ2n) is 5.43. The largest absolute Gasteiger partial charge is 0.437 e. The number of H-pyrrole nitrogens is 1. The lowest BCUT2D eigenvalue weighted by Crippen LogP contribution is -2.23. The summed E-state index contributed by atoms with van der Waals surface area (Å²) in [4.78, 5) is 23.9. The van der Waals surface area contributed by atoms with Crippen LogP contribution in [0.3, 0.4) is 0 Å². The minimum atomic E-state index is -0.163. The molecule has 0 aliphatic carbocycles. The second-order valence-corrected chi connectivity index (χ2v) is 5.43. The van der Waals surface area contributed by atoms with Crippen molar-refractivity contribution in [3.63, 3.8) is 0 Å². The van der Waals surface area contributed by atoms with E-state index in [0.29, 0.717) is 29.2 Å². The minimum absolute atomic E-state index is 0.163. The number of ether oxygens (including phenoxy) is 1. The number of carbonyl (C=O) groups is 1. The first-order chi connectivity index (χ1) is 11.7. The van der Waals surface area contributed by atoms with Crippen LogP contribution < -0.4 is 10.1 Å². The number of amides is 1. The molecule has 0 bridgehead atoms. The molecule has 24 heavy (non-hydrogen) atoms. The van der Waals surface area contributed by atoms with Crippen molar-refractivity contribution in [1.29, 1.82) is 0 Å². The van der Waals surface area contributed by atoms with Crippen LogP contribution in [0.2, 0.25) is 0 Å². The SMILES string of the molecule is CCCNC(=O)c1c[nH]c2ncc(Oc3ccccc3CC)nc12. The number of nitrogens with one attached hydrogen (secondary N) is 2. The number of nitrogens with zero attached hydrogens (tertiary/aromatic N) is 2. The van der Waals surface area contributed by atoms with Crippen molar-refractivity contribution < 1.29 is 9.53 Å². The Balaban J connectivity index is 1.91. The van der Waals surface area contributed by atoms with Crippen LogP contribution in [-0.4, -0.2) is 27.4 Å². The van der Waals surface area contributed by atoms with Crippen LogP contribution in [0.5, 0.6) is 11.6 Å². The predicted octanol–water partition coefficient (Wildman–Crippen LogP) is 3.45. The van der Waals surface area contributed by atoms with Gasteiger partial charge in [-0.2, -0.15) is 0 Å². The molecule has 6 heteroatoms. The van der Waals surface area contributed by atoms with E-state index in [0.717, 1.165) is 24.2 Å². The van der Waals surface area contributed by atoms with Crippen LogP contribution in [0, 0.1) is 0 Å². The summed E-state index contributed by atoms with van der Waals surface area (Å²) < 4.78 is 5.87. The van der Waals surface area contributed by atoms with Crippen molar-refractivity contribution in [2.45, 2.75) is 26.7 Å². The summed E-state index contributed by atoms with van der Waals surface area (Å²) in [6.45, 7) is 4.70. The van der Waals surface area contributed by atoms with Gasteiger partial charge in [0, 0.05) is 12.7 Å². The summed E-state index contributed by atoms with van der Waals surface area (Å²) in [5.41, 5.74) is 2.64. The van der Waals surface area contributed by atoms with Crippen LogP contribution in [0.1, 0.15) is 36.2 Å². The number of aryl methyl sites for hydroxylation is 1. The topological polar surface area (TPSA) is 79.9 Å². The van der Waals surface area contributed by atoms with Crippen molar-refractivity contribution in [3.8, 4) is 11.6 Å². The molecular weight excluding hydrogens is 304 g/mol. The zero-order chi connectivity index (χ0) is 16.9. The third-order valence-electron chi connectivity index (χ3n) is 3.71. The standard InChI is InChI=1S/C18H20N4O2/c1-3-9-19-18(23)13-10-20-17-16(13)22-15(11-21-17)24-14-8-6-5-7-12(14)4-2/h5-8,10-11H,3-4,9H2,1-2H3,(H,19,23)(H,20,21). The van der Waals surface area contributed by atoms with Crippen LogP contribution >= 0.6 is 0 Å². The maximum atomic E-state index is 12.2. The Bertz CT molecular complexity index is 857. The van der Waals surface area contributed by atoms with Crippen LogP contribution in [0.4, 0.5) is 0 Å². The highest BCUT2D eigenvalue weighted by Crippen LogP contribution is 2.25. The molecule has 2 heterocycles. The van der Waals surface area contributed by atoms with Gasteiger partial charge >= 0.3 is 0 Å². The van der Waals surface area contributed by atoms with Gasteiger partial charge in [0.2, 0.25) is 5.88 Å². The average molecular weight is 324 g/mol. The molecule has 0 spiro atoms. The number of aromatic amines is 1. The molecule has 6 nitrogen and oxygen atoms in total. The molecule has 0 aliphatic heterocycles. The highest BCUT2D eigenvalue weighted by atomic mass is 16.5. The van der Waals surface area contributed by atoms with Crippen molar-refractivity contribution in [2.75, 3.05) is 6.54 Å². The van der Waals surface area contributed by atoms with Gasteiger partial charge in [0.15, 0.2) is 5.65 Å². The summed E-state index contributed by atoms with van der Waals surface area (Å²) in [5, 5.41) is 2.85. The van der Waals surface area contributed by atoms with E-state index in [2.05, 4.69) is 27.2 Å².